The first-order valence-electron chi connectivity index (χ1n) is 7.89. The van der Waals surface area contributed by atoms with Crippen LogP contribution in [-0.2, 0) is 17.6 Å². The molecule has 1 aliphatic carbocycles. The van der Waals surface area contributed by atoms with Gasteiger partial charge in [0.15, 0.2) is 0 Å². The van der Waals surface area contributed by atoms with E-state index in [1.165, 1.54) is 0 Å². The molecule has 1 amide bonds. The van der Waals surface area contributed by atoms with E-state index in [0.717, 1.165) is 24.2 Å². The molecule has 1 fully saturated rings. The van der Waals surface area contributed by atoms with E-state index in [4.69, 9.17) is 4.52 Å². The molecule has 2 aromatic rings. The molecule has 23 heavy (non-hydrogen) atoms. The zero-order chi connectivity index (χ0) is 16.2. The summed E-state index contributed by atoms with van der Waals surface area (Å²) in [5, 5.41) is 16.4. The minimum absolute atomic E-state index is 0.0233. The van der Waals surface area contributed by atoms with Gasteiger partial charge in [0.2, 0.25) is 5.91 Å². The average Bonchev–Trinajstić information content (AvgIpc) is 2.89. The lowest BCUT2D eigenvalue weighted by atomic mass is 9.76. The maximum absolute atomic E-state index is 12.3. The van der Waals surface area contributed by atoms with Crippen molar-refractivity contribution in [2.45, 2.75) is 44.8 Å². The number of aliphatic hydroxyl groups excluding tert-OH is 1. The predicted octanol–water partition coefficient (Wildman–Crippen LogP) is 1.42. The number of hydrogen-bond acceptors (Lipinski definition) is 5. The highest BCUT2D eigenvalue weighted by Gasteiger charge is 2.35. The first-order chi connectivity index (χ1) is 11.1. The van der Waals surface area contributed by atoms with E-state index in [1.807, 2.05) is 25.1 Å². The quantitative estimate of drug-likeness (QED) is 0.841. The van der Waals surface area contributed by atoms with Crippen LogP contribution in [0.3, 0.4) is 0 Å². The van der Waals surface area contributed by atoms with Crippen molar-refractivity contribution in [2.75, 3.05) is 0 Å². The van der Waals surface area contributed by atoms with Crippen molar-refractivity contribution in [3.63, 3.8) is 0 Å². The van der Waals surface area contributed by atoms with Gasteiger partial charge in [-0.05, 0) is 37.8 Å². The van der Waals surface area contributed by atoms with Gasteiger partial charge >= 0.3 is 0 Å². The van der Waals surface area contributed by atoms with E-state index in [1.54, 1.807) is 12.3 Å². The van der Waals surface area contributed by atoms with Crippen molar-refractivity contribution < 1.29 is 14.4 Å². The Morgan fingerprint density at radius 3 is 2.91 bits per heavy atom. The van der Waals surface area contributed by atoms with Crippen molar-refractivity contribution in [2.24, 2.45) is 5.92 Å². The SMILES string of the molecule is Cc1cc(CC(=O)NC(Cc2ccccn2)C2CC(O)C2)on1. The summed E-state index contributed by atoms with van der Waals surface area (Å²) < 4.78 is 5.09. The molecule has 122 valence electrons. The molecule has 0 radical (unpaired) electrons. The minimum Gasteiger partial charge on any atom is -0.393 e. The zero-order valence-corrected chi connectivity index (χ0v) is 13.1. The fraction of sp³-hybridized carbons (Fsp3) is 0.471. The lowest BCUT2D eigenvalue weighted by Gasteiger charge is -2.38. The molecule has 2 N–H and O–H groups in total. The van der Waals surface area contributed by atoms with Crippen LogP contribution in [0.2, 0.25) is 0 Å². The molecule has 1 saturated carbocycles. The molecule has 1 aliphatic rings. The maximum Gasteiger partial charge on any atom is 0.227 e. The van der Waals surface area contributed by atoms with E-state index in [9.17, 15) is 9.90 Å². The van der Waals surface area contributed by atoms with Crippen LogP contribution in [0.1, 0.15) is 30.0 Å². The van der Waals surface area contributed by atoms with Crippen molar-refractivity contribution in [1.82, 2.24) is 15.5 Å². The van der Waals surface area contributed by atoms with Crippen LogP contribution in [0.25, 0.3) is 0 Å². The summed E-state index contributed by atoms with van der Waals surface area (Å²) in [5.74, 6) is 0.751. The number of carbonyl (C=O) groups excluding carboxylic acids is 1. The third-order valence-corrected chi connectivity index (χ3v) is 4.23. The number of aliphatic hydroxyl groups is 1. The van der Waals surface area contributed by atoms with Gasteiger partial charge in [0, 0.05) is 30.4 Å². The van der Waals surface area contributed by atoms with E-state index in [2.05, 4.69) is 15.5 Å². The Bertz CT molecular complexity index is 650. The predicted molar refractivity (Wildman–Crippen MR) is 83.5 cm³/mol. The number of nitrogens with zero attached hydrogens (tertiary/aromatic N) is 2. The molecule has 1 unspecified atom stereocenters. The number of rotatable bonds is 6. The lowest BCUT2D eigenvalue weighted by molar-refractivity contribution is -0.122. The number of aryl methyl sites for hydroxylation is 1. The largest absolute Gasteiger partial charge is 0.393 e. The summed E-state index contributed by atoms with van der Waals surface area (Å²) in [5.41, 5.74) is 1.70. The Morgan fingerprint density at radius 1 is 1.48 bits per heavy atom. The van der Waals surface area contributed by atoms with Crippen LogP contribution >= 0.6 is 0 Å². The minimum atomic E-state index is -0.250. The van der Waals surface area contributed by atoms with Crippen molar-refractivity contribution in [3.05, 3.63) is 47.6 Å². The highest BCUT2D eigenvalue weighted by molar-refractivity contribution is 5.78. The summed E-state index contributed by atoms with van der Waals surface area (Å²) >= 11 is 0. The fourth-order valence-electron chi connectivity index (χ4n) is 2.95. The Morgan fingerprint density at radius 2 is 2.30 bits per heavy atom. The van der Waals surface area contributed by atoms with Crippen molar-refractivity contribution in [1.29, 1.82) is 0 Å². The lowest BCUT2D eigenvalue weighted by Crippen LogP contribution is -2.48. The van der Waals surface area contributed by atoms with Crippen LogP contribution in [0.15, 0.2) is 35.0 Å². The van der Waals surface area contributed by atoms with Crippen LogP contribution in [0, 0.1) is 12.8 Å². The molecular formula is C17H21N3O3. The molecule has 2 aromatic heterocycles. The molecule has 0 aliphatic heterocycles. The molecule has 6 heteroatoms. The summed E-state index contributed by atoms with van der Waals surface area (Å²) in [6.07, 6.45) is 3.79. The Hall–Kier alpha value is -2.21. The fourth-order valence-corrected chi connectivity index (χ4v) is 2.95. The van der Waals surface area contributed by atoms with Crippen LogP contribution in [0.5, 0.6) is 0 Å². The van der Waals surface area contributed by atoms with E-state index in [0.29, 0.717) is 12.2 Å². The Balaban J connectivity index is 1.62. The monoisotopic (exact) mass is 315 g/mol. The van der Waals surface area contributed by atoms with Gasteiger partial charge in [-0.1, -0.05) is 11.2 Å². The Kier molecular flexibility index (Phi) is 4.71. The van der Waals surface area contributed by atoms with Gasteiger partial charge in [0.25, 0.3) is 0 Å². The molecule has 0 saturated heterocycles. The number of hydrogen-bond donors (Lipinski definition) is 2. The first-order valence-corrected chi connectivity index (χ1v) is 7.89. The zero-order valence-electron chi connectivity index (χ0n) is 13.1. The van der Waals surface area contributed by atoms with Crippen LogP contribution in [-0.4, -0.2) is 33.3 Å². The maximum atomic E-state index is 12.3. The third-order valence-electron chi connectivity index (χ3n) is 4.23. The van der Waals surface area contributed by atoms with Gasteiger partial charge in [-0.15, -0.1) is 0 Å². The van der Waals surface area contributed by atoms with Gasteiger partial charge in [0.1, 0.15) is 5.76 Å². The number of nitrogens with one attached hydrogen (secondary N) is 1. The van der Waals surface area contributed by atoms with Crippen molar-refractivity contribution >= 4 is 5.91 Å². The topological polar surface area (TPSA) is 88.2 Å². The molecule has 1 atom stereocenters. The van der Waals surface area contributed by atoms with Gasteiger partial charge in [-0.2, -0.15) is 0 Å². The second kappa shape index (κ2) is 6.91. The summed E-state index contributed by atoms with van der Waals surface area (Å²) in [6, 6.07) is 7.50. The summed E-state index contributed by atoms with van der Waals surface area (Å²) in [6.45, 7) is 1.82. The highest BCUT2D eigenvalue weighted by Crippen LogP contribution is 2.31. The molecule has 2 heterocycles. The highest BCUT2D eigenvalue weighted by atomic mass is 16.5. The molecule has 0 spiro atoms. The summed E-state index contributed by atoms with van der Waals surface area (Å²) in [4.78, 5) is 16.6. The number of aromatic nitrogens is 2. The molecule has 6 nitrogen and oxygen atoms in total. The van der Waals surface area contributed by atoms with Crippen LogP contribution in [0.4, 0.5) is 0 Å². The average molecular weight is 315 g/mol. The van der Waals surface area contributed by atoms with E-state index >= 15 is 0 Å². The number of pyridine rings is 1. The molecular weight excluding hydrogens is 294 g/mol. The van der Waals surface area contributed by atoms with Gasteiger partial charge in [-0.25, -0.2) is 0 Å². The van der Waals surface area contributed by atoms with Gasteiger partial charge in [-0.3, -0.25) is 9.78 Å². The molecule has 0 bridgehead atoms. The Labute approximate surface area is 134 Å². The second-order valence-electron chi connectivity index (χ2n) is 6.20. The normalized spacial score (nSPS) is 21.5. The van der Waals surface area contributed by atoms with Gasteiger partial charge in [0.05, 0.1) is 18.2 Å². The van der Waals surface area contributed by atoms with E-state index < -0.39 is 0 Å². The van der Waals surface area contributed by atoms with Crippen molar-refractivity contribution in [3.8, 4) is 0 Å². The third kappa shape index (κ3) is 4.16. The first kappa shape index (κ1) is 15.7. The second-order valence-corrected chi connectivity index (χ2v) is 6.20. The molecule has 0 aromatic carbocycles. The smallest absolute Gasteiger partial charge is 0.227 e. The van der Waals surface area contributed by atoms with Gasteiger partial charge < -0.3 is 14.9 Å². The van der Waals surface area contributed by atoms with E-state index in [-0.39, 0.29) is 30.4 Å². The number of amides is 1. The number of carbonyl (C=O) groups is 1. The summed E-state index contributed by atoms with van der Waals surface area (Å²) in [7, 11) is 0. The standard InChI is InChI=1S/C17H21N3O3/c1-11-6-15(23-20-11)10-17(22)19-16(12-7-14(21)8-12)9-13-4-2-3-5-18-13/h2-6,12,14,16,21H,7-10H2,1H3,(H,19,22). The van der Waals surface area contributed by atoms with Crippen LogP contribution < -0.4 is 5.32 Å². The molecule has 3 rings (SSSR count).